The first-order valence-corrected chi connectivity index (χ1v) is 7.73. The van der Waals surface area contributed by atoms with Crippen molar-refractivity contribution < 1.29 is 0 Å². The molecule has 0 spiro atoms. The van der Waals surface area contributed by atoms with Gasteiger partial charge in [-0.15, -0.1) is 0 Å². The lowest BCUT2D eigenvalue weighted by Crippen LogP contribution is -2.26. The van der Waals surface area contributed by atoms with Crippen molar-refractivity contribution in [2.24, 2.45) is 0 Å². The van der Waals surface area contributed by atoms with Crippen LogP contribution < -0.4 is 11.0 Å². The van der Waals surface area contributed by atoms with Crippen LogP contribution in [0.15, 0.2) is 35.6 Å². The minimum atomic E-state index is -0.402. The summed E-state index contributed by atoms with van der Waals surface area (Å²) in [5.41, 5.74) is 2.88. The van der Waals surface area contributed by atoms with Gasteiger partial charge >= 0.3 is 0 Å². The van der Waals surface area contributed by atoms with Gasteiger partial charge in [-0.3, -0.25) is 9.36 Å². The van der Waals surface area contributed by atoms with Gasteiger partial charge in [0.25, 0.3) is 5.56 Å². The molecule has 0 unspecified atom stereocenters. The van der Waals surface area contributed by atoms with Crippen molar-refractivity contribution in [3.63, 3.8) is 0 Å². The molecule has 0 fully saturated rings. The van der Waals surface area contributed by atoms with Gasteiger partial charge in [-0.05, 0) is 38.5 Å². The van der Waals surface area contributed by atoms with Gasteiger partial charge in [0.1, 0.15) is 13.7 Å². The Balaban J connectivity index is 2.52. The van der Waals surface area contributed by atoms with Crippen LogP contribution in [0.25, 0.3) is 16.8 Å². The molecule has 0 saturated heterocycles. The molecule has 2 heterocycles. The topological polar surface area (TPSA) is 34.9 Å². The summed E-state index contributed by atoms with van der Waals surface area (Å²) >= 11 is 6.25. The predicted molar refractivity (Wildman–Crippen MR) is 96.9 cm³/mol. The van der Waals surface area contributed by atoms with Gasteiger partial charge < -0.3 is 0 Å². The highest BCUT2D eigenvalue weighted by Gasteiger charge is 2.39. The average molecular weight is 323 g/mol. The summed E-state index contributed by atoms with van der Waals surface area (Å²) in [5, 5.41) is 0.364. The summed E-state index contributed by atoms with van der Waals surface area (Å²) in [6.45, 7) is 9.72. The molecule has 1 aromatic carbocycles. The molecule has 3 rings (SSSR count). The lowest BCUT2D eigenvalue weighted by Gasteiger charge is -2.19. The van der Waals surface area contributed by atoms with E-state index in [0.717, 1.165) is 11.3 Å². The zero-order valence-electron chi connectivity index (χ0n) is 13.4. The zero-order valence-corrected chi connectivity index (χ0v) is 14.1. The van der Waals surface area contributed by atoms with Crippen LogP contribution in [0.4, 0.5) is 0 Å². The van der Waals surface area contributed by atoms with E-state index in [4.69, 9.17) is 19.4 Å². The molecule has 0 saturated carbocycles. The summed E-state index contributed by atoms with van der Waals surface area (Å²) in [4.78, 5) is 16.9. The Morgan fingerprint density at radius 3 is 2.74 bits per heavy atom. The third-order valence-electron chi connectivity index (χ3n) is 4.31. The summed E-state index contributed by atoms with van der Waals surface area (Å²) in [7, 11) is 5.96. The fraction of sp³-hybridized carbons (Fsp3) is 0.222. The fourth-order valence-electron chi connectivity index (χ4n) is 3.15. The second-order valence-electron chi connectivity index (χ2n) is 6.08. The molecule has 0 aliphatic carbocycles. The van der Waals surface area contributed by atoms with Crippen LogP contribution in [0.1, 0.15) is 43.4 Å². The van der Waals surface area contributed by atoms with E-state index in [1.165, 1.54) is 0 Å². The third kappa shape index (κ3) is 2.12. The van der Waals surface area contributed by atoms with Crippen molar-refractivity contribution >= 4 is 36.0 Å². The SMILES string of the molecule is [B]c1ccc2c(c1)-n1c(nc(=O)c(/C(Cl)=C\C)c1C=C)C2(C)C. The largest absolute Gasteiger partial charge is 0.297 e. The summed E-state index contributed by atoms with van der Waals surface area (Å²) in [5.74, 6) is 0.669. The average Bonchev–Trinajstić information content (AvgIpc) is 2.72. The molecule has 3 nitrogen and oxygen atoms in total. The van der Waals surface area contributed by atoms with E-state index < -0.39 is 5.41 Å². The van der Waals surface area contributed by atoms with Crippen molar-refractivity contribution in [1.29, 1.82) is 0 Å². The Morgan fingerprint density at radius 2 is 2.13 bits per heavy atom. The fourth-order valence-corrected chi connectivity index (χ4v) is 3.32. The molecule has 1 aliphatic heterocycles. The van der Waals surface area contributed by atoms with Gasteiger partial charge in [-0.25, -0.2) is 0 Å². The lowest BCUT2D eigenvalue weighted by atomic mass is 9.83. The highest BCUT2D eigenvalue weighted by Crippen LogP contribution is 2.42. The smallest absolute Gasteiger partial charge is 0.282 e. The van der Waals surface area contributed by atoms with Crippen molar-refractivity contribution in [3.05, 3.63) is 63.9 Å². The van der Waals surface area contributed by atoms with E-state index >= 15 is 0 Å². The van der Waals surface area contributed by atoms with Crippen LogP contribution in [0.3, 0.4) is 0 Å². The zero-order chi connectivity index (χ0) is 16.9. The van der Waals surface area contributed by atoms with E-state index in [9.17, 15) is 4.79 Å². The van der Waals surface area contributed by atoms with Crippen molar-refractivity contribution in [1.82, 2.24) is 9.55 Å². The van der Waals surface area contributed by atoms with Crippen LogP contribution in [0.2, 0.25) is 0 Å². The Bertz CT molecular complexity index is 925. The Hall–Kier alpha value is -2.07. The highest BCUT2D eigenvalue weighted by molar-refractivity contribution is 6.48. The van der Waals surface area contributed by atoms with Gasteiger partial charge in [0.05, 0.1) is 27.4 Å². The highest BCUT2D eigenvalue weighted by atomic mass is 35.5. The van der Waals surface area contributed by atoms with E-state index in [0.29, 0.717) is 27.6 Å². The van der Waals surface area contributed by atoms with Gasteiger partial charge in [-0.2, -0.15) is 4.98 Å². The number of nitrogens with zero attached hydrogens (tertiary/aromatic N) is 2. The molecule has 1 aromatic heterocycles. The van der Waals surface area contributed by atoms with Crippen LogP contribution in [-0.4, -0.2) is 17.4 Å². The minimum absolute atomic E-state index is 0.344. The molecule has 114 valence electrons. The molecular formula is C18H16BClN2O. The van der Waals surface area contributed by atoms with Gasteiger partial charge in [0.15, 0.2) is 0 Å². The van der Waals surface area contributed by atoms with Crippen molar-refractivity contribution in [2.75, 3.05) is 0 Å². The first-order chi connectivity index (χ1) is 10.8. The molecule has 0 N–H and O–H groups in total. The molecule has 1 aliphatic rings. The number of benzene rings is 1. The van der Waals surface area contributed by atoms with E-state index in [1.54, 1.807) is 19.1 Å². The van der Waals surface area contributed by atoms with Crippen molar-refractivity contribution in [2.45, 2.75) is 26.2 Å². The summed E-state index contributed by atoms with van der Waals surface area (Å²) < 4.78 is 1.93. The molecule has 0 bridgehead atoms. The predicted octanol–water partition coefficient (Wildman–Crippen LogP) is 2.91. The number of fused-ring (bicyclic) bond motifs is 3. The van der Waals surface area contributed by atoms with Gasteiger partial charge in [-0.1, -0.05) is 41.9 Å². The number of rotatable bonds is 2. The Labute approximate surface area is 141 Å². The minimum Gasteiger partial charge on any atom is -0.297 e. The number of halogens is 1. The van der Waals surface area contributed by atoms with Crippen LogP contribution in [0.5, 0.6) is 0 Å². The number of hydrogen-bond donors (Lipinski definition) is 0. The van der Waals surface area contributed by atoms with E-state index in [1.807, 2.05) is 36.6 Å². The first-order valence-electron chi connectivity index (χ1n) is 7.35. The quantitative estimate of drug-likeness (QED) is 0.797. The van der Waals surface area contributed by atoms with Gasteiger partial charge in [0.2, 0.25) is 0 Å². The molecule has 2 radical (unpaired) electrons. The monoisotopic (exact) mass is 322 g/mol. The maximum absolute atomic E-state index is 12.5. The van der Waals surface area contributed by atoms with Crippen LogP contribution in [-0.2, 0) is 5.41 Å². The third-order valence-corrected chi connectivity index (χ3v) is 4.72. The van der Waals surface area contributed by atoms with Crippen LogP contribution >= 0.6 is 11.6 Å². The Kier molecular flexibility index (Phi) is 3.60. The first kappa shape index (κ1) is 15.8. The van der Waals surface area contributed by atoms with Gasteiger partial charge in [0, 0.05) is 0 Å². The molecule has 0 atom stereocenters. The van der Waals surface area contributed by atoms with E-state index in [-0.39, 0.29) is 5.56 Å². The normalized spacial score (nSPS) is 15.2. The molecule has 2 aromatic rings. The number of aromatic nitrogens is 2. The molecule has 5 heteroatoms. The van der Waals surface area contributed by atoms with Crippen molar-refractivity contribution in [3.8, 4) is 5.69 Å². The number of hydrogen-bond acceptors (Lipinski definition) is 2. The second kappa shape index (κ2) is 5.24. The van der Waals surface area contributed by atoms with Crippen LogP contribution in [0, 0.1) is 0 Å². The maximum Gasteiger partial charge on any atom is 0.282 e. The summed E-state index contributed by atoms with van der Waals surface area (Å²) in [6, 6.07) is 5.73. The molecular weight excluding hydrogens is 306 g/mol. The standard InChI is InChI=1S/C18H16BClN2O/c1-5-12(20)15-13(6-2)22-14-9-10(19)7-8-11(14)18(3,4)17(22)21-16(15)23/h5-9H,2H2,1,3-4H3/b12-5+. The Morgan fingerprint density at radius 1 is 1.43 bits per heavy atom. The second-order valence-corrected chi connectivity index (χ2v) is 6.49. The summed E-state index contributed by atoms with van der Waals surface area (Å²) in [6.07, 6.45) is 3.32. The number of allylic oxidation sites excluding steroid dienone is 1. The molecule has 23 heavy (non-hydrogen) atoms. The maximum atomic E-state index is 12.5. The van der Waals surface area contributed by atoms with E-state index in [2.05, 4.69) is 11.6 Å². The lowest BCUT2D eigenvalue weighted by molar-refractivity contribution is 0.604. The molecule has 0 amide bonds.